The number of nitrogens with zero attached hydrogens (tertiary/aromatic N) is 3. The van der Waals surface area contributed by atoms with Crippen LogP contribution in [0.1, 0.15) is 12.8 Å². The highest BCUT2D eigenvalue weighted by Crippen LogP contribution is 2.43. The number of rotatable bonds is 2. The van der Waals surface area contributed by atoms with Crippen LogP contribution < -0.4 is 5.32 Å². The first kappa shape index (κ1) is 15.8. The third-order valence-electron chi connectivity index (χ3n) is 5.99. The van der Waals surface area contributed by atoms with Crippen LogP contribution in [0.2, 0.25) is 0 Å². The number of pyridine rings is 1. The van der Waals surface area contributed by atoms with Crippen molar-refractivity contribution >= 4 is 11.8 Å². The maximum Gasteiger partial charge on any atom is 0.291 e. The number of benzene rings is 1. The lowest BCUT2D eigenvalue weighted by molar-refractivity contribution is -1.12. The van der Waals surface area contributed by atoms with Crippen molar-refractivity contribution in [3.8, 4) is 11.1 Å². The first-order chi connectivity index (χ1) is 12.6. The maximum atomic E-state index is 10.7. The van der Waals surface area contributed by atoms with Gasteiger partial charge in [-0.1, -0.05) is 30.3 Å². The molecule has 2 bridgehead atoms. The fraction of sp³-hybridized carbons (Fsp3) is 0.400. The van der Waals surface area contributed by atoms with Gasteiger partial charge in [-0.15, -0.1) is 0 Å². The third kappa shape index (κ3) is 2.66. The number of piperidine rings is 3. The van der Waals surface area contributed by atoms with E-state index in [2.05, 4.69) is 27.4 Å². The topological polar surface area (TPSA) is 66.7 Å². The number of amidine groups is 1. The van der Waals surface area contributed by atoms with Crippen LogP contribution in [0.15, 0.2) is 53.7 Å². The SMILES string of the molecule is O[N+]12CCC(CC1)[C@]1(CN=C(Nc3cc(-c4ccccc4)ccn3)O1)C2. The summed E-state index contributed by atoms with van der Waals surface area (Å²) in [6.45, 7) is 2.90. The summed E-state index contributed by atoms with van der Waals surface area (Å²) in [6, 6.07) is 14.7. The van der Waals surface area contributed by atoms with Gasteiger partial charge in [0, 0.05) is 25.0 Å². The van der Waals surface area contributed by atoms with Gasteiger partial charge in [0.15, 0.2) is 12.1 Å². The summed E-state index contributed by atoms with van der Waals surface area (Å²) in [7, 11) is 0. The van der Waals surface area contributed by atoms with E-state index < -0.39 is 0 Å². The summed E-state index contributed by atoms with van der Waals surface area (Å²) in [6.07, 6.45) is 3.79. The Hall–Kier alpha value is -2.44. The zero-order valence-corrected chi connectivity index (χ0v) is 14.6. The average Bonchev–Trinajstić information content (AvgIpc) is 3.04. The minimum absolute atomic E-state index is 0.126. The summed E-state index contributed by atoms with van der Waals surface area (Å²) in [5.41, 5.74) is 1.89. The van der Waals surface area contributed by atoms with E-state index in [1.807, 2.05) is 30.3 Å². The van der Waals surface area contributed by atoms with E-state index in [4.69, 9.17) is 4.74 Å². The van der Waals surface area contributed by atoms with E-state index in [1.165, 1.54) is 0 Å². The molecular weight excluding hydrogens is 328 g/mol. The molecular formula is C20H23N4O2+. The van der Waals surface area contributed by atoms with Gasteiger partial charge in [0.05, 0.1) is 6.54 Å². The van der Waals surface area contributed by atoms with Crippen LogP contribution in [0.25, 0.3) is 11.1 Å². The summed E-state index contributed by atoms with van der Waals surface area (Å²) >= 11 is 0. The second-order valence-corrected chi connectivity index (χ2v) is 7.68. The molecule has 0 aliphatic carbocycles. The normalized spacial score (nSPS) is 32.3. The quantitative estimate of drug-likeness (QED) is 0.817. The standard InChI is InChI=1S/C20H23N4O2/c25-24-10-7-17(8-11-24)20(14-24)13-22-19(26-20)23-18-12-16(6-9-21-18)15-4-2-1-3-5-15/h1-6,9,12,17,25H,7-8,10-11,13-14H2,(H,21,22,23)/q+1/t17?,20-,24?/m0/s1. The molecule has 1 aromatic heterocycles. The van der Waals surface area contributed by atoms with E-state index in [9.17, 15) is 5.21 Å². The molecule has 0 saturated carbocycles. The van der Waals surface area contributed by atoms with Crippen molar-refractivity contribution in [2.45, 2.75) is 18.4 Å². The van der Waals surface area contributed by atoms with Gasteiger partial charge in [0.2, 0.25) is 0 Å². The lowest BCUT2D eigenvalue weighted by Crippen LogP contribution is -2.69. The minimum Gasteiger partial charge on any atom is -0.450 e. The monoisotopic (exact) mass is 351 g/mol. The fourth-order valence-corrected chi connectivity index (χ4v) is 4.60. The number of quaternary nitrogens is 1. The number of aromatic nitrogens is 1. The van der Waals surface area contributed by atoms with E-state index in [1.54, 1.807) is 6.20 Å². The first-order valence-electron chi connectivity index (χ1n) is 9.25. The Morgan fingerprint density at radius 1 is 1.12 bits per heavy atom. The van der Waals surface area contributed by atoms with Crippen LogP contribution in [0, 0.1) is 5.92 Å². The highest BCUT2D eigenvalue weighted by molar-refractivity contribution is 5.90. The zero-order valence-electron chi connectivity index (χ0n) is 14.6. The van der Waals surface area contributed by atoms with Crippen LogP contribution in [-0.2, 0) is 4.74 Å². The van der Waals surface area contributed by atoms with Crippen LogP contribution in [0.4, 0.5) is 5.82 Å². The van der Waals surface area contributed by atoms with E-state index in [0.717, 1.165) is 42.9 Å². The average molecular weight is 351 g/mol. The summed E-state index contributed by atoms with van der Waals surface area (Å²) in [5, 5.41) is 13.9. The fourth-order valence-electron chi connectivity index (χ4n) is 4.60. The van der Waals surface area contributed by atoms with Crippen LogP contribution in [-0.4, -0.2) is 52.6 Å². The predicted molar refractivity (Wildman–Crippen MR) is 98.8 cm³/mol. The molecule has 1 aromatic carbocycles. The van der Waals surface area contributed by atoms with Gasteiger partial charge in [-0.3, -0.25) is 5.32 Å². The van der Waals surface area contributed by atoms with Gasteiger partial charge in [0.25, 0.3) is 6.02 Å². The number of nitrogens with one attached hydrogen (secondary N) is 1. The van der Waals surface area contributed by atoms with Gasteiger partial charge >= 0.3 is 0 Å². The van der Waals surface area contributed by atoms with Crippen LogP contribution in [0.3, 0.4) is 0 Å². The number of fused-ring (bicyclic) bond motifs is 2. The molecule has 1 spiro atoms. The maximum absolute atomic E-state index is 10.7. The van der Waals surface area contributed by atoms with Gasteiger partial charge in [-0.2, -0.15) is 4.65 Å². The second kappa shape index (κ2) is 5.79. The highest BCUT2D eigenvalue weighted by Gasteiger charge is 2.59. The van der Waals surface area contributed by atoms with Crippen molar-refractivity contribution < 1.29 is 14.6 Å². The van der Waals surface area contributed by atoms with Crippen molar-refractivity contribution in [1.29, 1.82) is 0 Å². The Kier molecular flexibility index (Phi) is 3.52. The van der Waals surface area contributed by atoms with Gasteiger partial charge in [-0.05, 0) is 23.3 Å². The van der Waals surface area contributed by atoms with Crippen molar-refractivity contribution in [3.63, 3.8) is 0 Å². The summed E-state index contributed by atoms with van der Waals surface area (Å²) in [4.78, 5) is 8.98. The number of aliphatic imine (C=N–C) groups is 1. The first-order valence-corrected chi connectivity index (χ1v) is 9.25. The molecule has 4 aliphatic heterocycles. The van der Waals surface area contributed by atoms with E-state index in [0.29, 0.717) is 25.0 Å². The number of anilines is 1. The van der Waals surface area contributed by atoms with Crippen molar-refractivity contribution in [2.75, 3.05) is 31.5 Å². The minimum atomic E-state index is -0.357. The lowest BCUT2D eigenvalue weighted by Gasteiger charge is -2.51. The summed E-state index contributed by atoms with van der Waals surface area (Å²) < 4.78 is 6.39. The van der Waals surface area contributed by atoms with Gasteiger partial charge < -0.3 is 4.74 Å². The molecule has 3 fully saturated rings. The van der Waals surface area contributed by atoms with E-state index >= 15 is 0 Å². The molecule has 0 radical (unpaired) electrons. The number of hydroxylamine groups is 3. The lowest BCUT2D eigenvalue weighted by atomic mass is 9.75. The molecule has 2 aromatic rings. The molecule has 6 nitrogen and oxygen atoms in total. The molecule has 1 atom stereocenters. The zero-order chi connectivity index (χ0) is 17.6. The molecule has 6 heteroatoms. The number of hydrogen-bond acceptors (Lipinski definition) is 5. The largest absolute Gasteiger partial charge is 0.450 e. The van der Waals surface area contributed by atoms with Gasteiger partial charge in [0.1, 0.15) is 18.9 Å². The predicted octanol–water partition coefficient (Wildman–Crippen LogP) is 2.92. The van der Waals surface area contributed by atoms with Gasteiger partial charge in [-0.25, -0.2) is 15.2 Å². The Morgan fingerprint density at radius 2 is 1.92 bits per heavy atom. The number of hydrogen-bond donors (Lipinski definition) is 2. The molecule has 5 heterocycles. The van der Waals surface area contributed by atoms with Crippen LogP contribution in [0.5, 0.6) is 0 Å². The molecule has 0 amide bonds. The summed E-state index contributed by atoms with van der Waals surface area (Å²) in [5.74, 6) is 1.19. The Labute approximate surface area is 152 Å². The third-order valence-corrected chi connectivity index (χ3v) is 5.99. The van der Waals surface area contributed by atoms with Crippen molar-refractivity contribution in [2.24, 2.45) is 10.9 Å². The highest BCUT2D eigenvalue weighted by atomic mass is 16.6. The van der Waals surface area contributed by atoms with Crippen molar-refractivity contribution in [3.05, 3.63) is 48.7 Å². The Morgan fingerprint density at radius 3 is 2.69 bits per heavy atom. The molecule has 4 aliphatic rings. The van der Waals surface area contributed by atoms with Crippen molar-refractivity contribution in [1.82, 2.24) is 4.98 Å². The second-order valence-electron chi connectivity index (χ2n) is 7.68. The smallest absolute Gasteiger partial charge is 0.291 e. The molecule has 0 unspecified atom stereocenters. The molecule has 26 heavy (non-hydrogen) atoms. The van der Waals surface area contributed by atoms with E-state index in [-0.39, 0.29) is 10.2 Å². The Balaban J connectivity index is 1.33. The van der Waals surface area contributed by atoms with Crippen LogP contribution >= 0.6 is 0 Å². The number of ether oxygens (including phenoxy) is 1. The molecule has 2 N–H and O–H groups in total. The molecule has 6 rings (SSSR count). The molecule has 3 saturated heterocycles. The molecule has 134 valence electrons. The Bertz CT molecular complexity index is 846.